The molecule has 1 aliphatic heterocycles. The fourth-order valence-corrected chi connectivity index (χ4v) is 2.20. The Morgan fingerprint density at radius 2 is 2.12 bits per heavy atom. The first-order valence-electron chi connectivity index (χ1n) is 6.06. The highest BCUT2D eigenvalue weighted by atomic mass is 16.1. The molecule has 1 aromatic rings. The molecule has 1 N–H and O–H groups in total. The third-order valence-electron chi connectivity index (χ3n) is 3.40. The third kappa shape index (κ3) is 2.73. The van der Waals surface area contributed by atoms with Crippen LogP contribution in [0.2, 0.25) is 0 Å². The number of aromatic nitrogens is 1. The van der Waals surface area contributed by atoms with E-state index in [2.05, 4.69) is 16.8 Å². The standard InChI is InChI=1S/C13H20N2O/c1-10-5-7-15(8-6-10)9-12-3-4-13(14-12)11(2)16/h3-4,10,14H,5-9H2,1-2H3. The van der Waals surface area contributed by atoms with Crippen LogP contribution in [0.3, 0.4) is 0 Å². The Labute approximate surface area is 96.8 Å². The SMILES string of the molecule is CC(=O)c1ccc(CN2CCC(C)CC2)[nH]1. The Balaban J connectivity index is 1.91. The predicted octanol–water partition coefficient (Wildman–Crippen LogP) is 2.45. The number of nitrogens with one attached hydrogen (secondary N) is 1. The van der Waals surface area contributed by atoms with E-state index in [4.69, 9.17) is 0 Å². The zero-order valence-electron chi connectivity index (χ0n) is 10.1. The summed E-state index contributed by atoms with van der Waals surface area (Å²) in [5.41, 5.74) is 1.88. The van der Waals surface area contributed by atoms with E-state index in [1.807, 2.05) is 12.1 Å². The molecule has 2 heterocycles. The van der Waals surface area contributed by atoms with E-state index >= 15 is 0 Å². The van der Waals surface area contributed by atoms with Crippen LogP contribution in [0.15, 0.2) is 12.1 Å². The molecule has 1 fully saturated rings. The molecule has 0 radical (unpaired) electrons. The molecule has 1 aliphatic rings. The highest BCUT2D eigenvalue weighted by Gasteiger charge is 2.16. The molecule has 0 spiro atoms. The van der Waals surface area contributed by atoms with Crippen molar-refractivity contribution in [1.82, 2.24) is 9.88 Å². The molecule has 0 aromatic carbocycles. The number of hydrogen-bond donors (Lipinski definition) is 1. The number of H-pyrrole nitrogens is 1. The summed E-state index contributed by atoms with van der Waals surface area (Å²) in [5, 5.41) is 0. The molecule has 0 aliphatic carbocycles. The minimum Gasteiger partial charge on any atom is -0.355 e. The zero-order chi connectivity index (χ0) is 11.5. The fourth-order valence-electron chi connectivity index (χ4n) is 2.20. The lowest BCUT2D eigenvalue weighted by molar-refractivity contribution is 0.101. The molecule has 0 saturated carbocycles. The van der Waals surface area contributed by atoms with Gasteiger partial charge in [-0.1, -0.05) is 6.92 Å². The number of likely N-dealkylation sites (tertiary alicyclic amines) is 1. The first kappa shape index (κ1) is 11.4. The number of aromatic amines is 1. The molecule has 3 nitrogen and oxygen atoms in total. The Kier molecular flexibility index (Phi) is 3.44. The summed E-state index contributed by atoms with van der Waals surface area (Å²) in [5.74, 6) is 0.978. The largest absolute Gasteiger partial charge is 0.355 e. The van der Waals surface area contributed by atoms with E-state index in [1.54, 1.807) is 6.92 Å². The number of carbonyl (C=O) groups is 1. The van der Waals surface area contributed by atoms with Crippen molar-refractivity contribution in [3.8, 4) is 0 Å². The molecule has 0 unspecified atom stereocenters. The van der Waals surface area contributed by atoms with Gasteiger partial charge < -0.3 is 4.98 Å². The first-order chi connectivity index (χ1) is 7.65. The minimum atomic E-state index is 0.110. The number of hydrogen-bond acceptors (Lipinski definition) is 2. The van der Waals surface area contributed by atoms with Gasteiger partial charge in [-0.3, -0.25) is 9.69 Å². The van der Waals surface area contributed by atoms with E-state index in [9.17, 15) is 4.79 Å². The lowest BCUT2D eigenvalue weighted by Gasteiger charge is -2.29. The van der Waals surface area contributed by atoms with E-state index in [0.717, 1.165) is 23.9 Å². The summed E-state index contributed by atoms with van der Waals surface area (Å²) in [7, 11) is 0. The summed E-state index contributed by atoms with van der Waals surface area (Å²) >= 11 is 0. The Bertz CT molecular complexity index is 362. The van der Waals surface area contributed by atoms with Crippen molar-refractivity contribution in [1.29, 1.82) is 0 Å². The average molecular weight is 220 g/mol. The topological polar surface area (TPSA) is 36.1 Å². The molecule has 88 valence electrons. The quantitative estimate of drug-likeness (QED) is 0.794. The van der Waals surface area contributed by atoms with Gasteiger partial charge in [0.1, 0.15) is 0 Å². The number of carbonyl (C=O) groups excluding carboxylic acids is 1. The van der Waals surface area contributed by atoms with Crippen molar-refractivity contribution in [3.05, 3.63) is 23.5 Å². The van der Waals surface area contributed by atoms with Crippen LogP contribution < -0.4 is 0 Å². The van der Waals surface area contributed by atoms with Gasteiger partial charge in [0, 0.05) is 19.2 Å². The van der Waals surface area contributed by atoms with Crippen LogP contribution in [-0.4, -0.2) is 28.8 Å². The van der Waals surface area contributed by atoms with Crippen molar-refractivity contribution in [3.63, 3.8) is 0 Å². The Hall–Kier alpha value is -1.09. The fraction of sp³-hybridized carbons (Fsp3) is 0.615. The minimum absolute atomic E-state index is 0.110. The van der Waals surface area contributed by atoms with E-state index in [1.165, 1.54) is 25.9 Å². The third-order valence-corrected chi connectivity index (χ3v) is 3.40. The van der Waals surface area contributed by atoms with Crippen LogP contribution in [0.4, 0.5) is 0 Å². The van der Waals surface area contributed by atoms with Gasteiger partial charge in [-0.2, -0.15) is 0 Å². The molecule has 16 heavy (non-hydrogen) atoms. The Morgan fingerprint density at radius 1 is 1.44 bits per heavy atom. The van der Waals surface area contributed by atoms with Crippen LogP contribution in [0.1, 0.15) is 42.9 Å². The summed E-state index contributed by atoms with van der Waals surface area (Å²) in [6.45, 7) is 7.21. The normalized spacial score (nSPS) is 18.9. The number of nitrogens with zero attached hydrogens (tertiary/aromatic N) is 1. The van der Waals surface area contributed by atoms with Crippen molar-refractivity contribution in [2.75, 3.05) is 13.1 Å². The molecule has 0 atom stereocenters. The monoisotopic (exact) mass is 220 g/mol. The second-order valence-corrected chi connectivity index (χ2v) is 4.91. The van der Waals surface area contributed by atoms with Crippen LogP contribution in [0.25, 0.3) is 0 Å². The summed E-state index contributed by atoms with van der Waals surface area (Å²) in [4.78, 5) is 16.8. The van der Waals surface area contributed by atoms with E-state index in [0.29, 0.717) is 0 Å². The van der Waals surface area contributed by atoms with Gasteiger partial charge in [0.25, 0.3) is 0 Å². The molecule has 2 rings (SSSR count). The predicted molar refractivity (Wildman–Crippen MR) is 64.5 cm³/mol. The van der Waals surface area contributed by atoms with Gasteiger partial charge in [-0.15, -0.1) is 0 Å². The highest BCUT2D eigenvalue weighted by molar-refractivity contribution is 5.92. The number of ketones is 1. The van der Waals surface area contributed by atoms with Gasteiger partial charge in [0.15, 0.2) is 5.78 Å². The maximum atomic E-state index is 11.1. The second kappa shape index (κ2) is 4.83. The molecule has 1 aromatic heterocycles. The van der Waals surface area contributed by atoms with Gasteiger partial charge in [-0.05, 0) is 44.0 Å². The smallest absolute Gasteiger partial charge is 0.175 e. The molecular formula is C13H20N2O. The molecule has 1 saturated heterocycles. The van der Waals surface area contributed by atoms with Gasteiger partial charge in [0.05, 0.1) is 5.69 Å². The zero-order valence-corrected chi connectivity index (χ0v) is 10.1. The lowest BCUT2D eigenvalue weighted by atomic mass is 9.99. The lowest BCUT2D eigenvalue weighted by Crippen LogP contribution is -2.32. The highest BCUT2D eigenvalue weighted by Crippen LogP contribution is 2.17. The van der Waals surface area contributed by atoms with Gasteiger partial charge in [0.2, 0.25) is 0 Å². The van der Waals surface area contributed by atoms with Gasteiger partial charge >= 0.3 is 0 Å². The maximum absolute atomic E-state index is 11.1. The molecule has 0 bridgehead atoms. The molecule has 0 amide bonds. The summed E-state index contributed by atoms with van der Waals surface area (Å²) in [6.07, 6.45) is 2.58. The van der Waals surface area contributed by atoms with Crippen molar-refractivity contribution in [2.24, 2.45) is 5.92 Å². The second-order valence-electron chi connectivity index (χ2n) is 4.91. The molecule has 3 heteroatoms. The van der Waals surface area contributed by atoms with Crippen LogP contribution in [0, 0.1) is 5.92 Å². The van der Waals surface area contributed by atoms with Crippen LogP contribution in [-0.2, 0) is 6.54 Å². The van der Waals surface area contributed by atoms with Crippen molar-refractivity contribution >= 4 is 5.78 Å². The van der Waals surface area contributed by atoms with Crippen LogP contribution >= 0.6 is 0 Å². The Morgan fingerprint density at radius 3 is 2.69 bits per heavy atom. The molecular weight excluding hydrogens is 200 g/mol. The number of piperidine rings is 1. The van der Waals surface area contributed by atoms with Gasteiger partial charge in [-0.25, -0.2) is 0 Å². The van der Waals surface area contributed by atoms with Crippen molar-refractivity contribution < 1.29 is 4.79 Å². The van der Waals surface area contributed by atoms with E-state index < -0.39 is 0 Å². The van der Waals surface area contributed by atoms with Crippen LogP contribution in [0.5, 0.6) is 0 Å². The maximum Gasteiger partial charge on any atom is 0.175 e. The summed E-state index contributed by atoms with van der Waals surface area (Å²) < 4.78 is 0. The van der Waals surface area contributed by atoms with Crippen molar-refractivity contribution in [2.45, 2.75) is 33.2 Å². The van der Waals surface area contributed by atoms with E-state index in [-0.39, 0.29) is 5.78 Å². The average Bonchev–Trinajstić information content (AvgIpc) is 2.70. The summed E-state index contributed by atoms with van der Waals surface area (Å²) in [6, 6.07) is 3.90. The first-order valence-corrected chi connectivity index (χ1v) is 6.06. The number of Topliss-reactive ketones (excluding diaryl/α,β-unsaturated/α-hetero) is 1. The number of rotatable bonds is 3.